The Morgan fingerprint density at radius 1 is 1.56 bits per heavy atom. The van der Waals surface area contributed by atoms with Crippen LogP contribution in [0.1, 0.15) is 16.8 Å². The maximum Gasteiger partial charge on any atom is 0.337 e. The van der Waals surface area contributed by atoms with Crippen LogP contribution in [0.15, 0.2) is 18.5 Å². The molecule has 0 atom stereocenters. The first-order valence-electron chi connectivity index (χ1n) is 4.66. The van der Waals surface area contributed by atoms with Crippen molar-refractivity contribution in [2.75, 3.05) is 6.54 Å². The van der Waals surface area contributed by atoms with Crippen molar-refractivity contribution < 1.29 is 14.7 Å². The number of carboxylic acid groups (broad SMARTS) is 1. The van der Waals surface area contributed by atoms with E-state index in [-0.39, 0.29) is 24.4 Å². The second kappa shape index (κ2) is 5.56. The van der Waals surface area contributed by atoms with E-state index in [1.165, 1.54) is 23.0 Å². The number of carbonyl (C=O) groups excluding carboxylic acids is 1. The lowest BCUT2D eigenvalue weighted by molar-refractivity contribution is -0.121. The van der Waals surface area contributed by atoms with Gasteiger partial charge in [0.15, 0.2) is 0 Å². The van der Waals surface area contributed by atoms with Crippen LogP contribution in [-0.2, 0) is 11.3 Å². The second-order valence-electron chi connectivity index (χ2n) is 3.14. The third-order valence-corrected chi connectivity index (χ3v) is 1.88. The average molecular weight is 221 g/mol. The predicted octanol–water partition coefficient (Wildman–Crippen LogP) is 0.216. The second-order valence-corrected chi connectivity index (χ2v) is 3.14. The zero-order valence-corrected chi connectivity index (χ0v) is 8.51. The maximum atomic E-state index is 11.3. The molecule has 0 saturated carbocycles. The van der Waals surface area contributed by atoms with Gasteiger partial charge >= 0.3 is 5.97 Å². The van der Waals surface area contributed by atoms with Gasteiger partial charge in [-0.25, -0.2) is 4.79 Å². The highest BCUT2D eigenvalue weighted by Crippen LogP contribution is 2.00. The van der Waals surface area contributed by atoms with Crippen molar-refractivity contribution in [1.82, 2.24) is 9.88 Å². The topological polar surface area (TPSA) is 95.1 Å². The Hall–Kier alpha value is -2.29. The molecule has 0 radical (unpaired) electrons. The van der Waals surface area contributed by atoms with Crippen LogP contribution in [-0.4, -0.2) is 28.1 Å². The standard InChI is InChI=1S/C10H11N3O3/c11-3-1-4-12-9(14)7-13-5-2-8(6-13)10(15)16/h2,5-6H,1,4,7H2,(H,12,14)(H,15,16). The van der Waals surface area contributed by atoms with Crippen molar-refractivity contribution >= 4 is 11.9 Å². The zero-order chi connectivity index (χ0) is 12.0. The van der Waals surface area contributed by atoms with Crippen molar-refractivity contribution in [2.45, 2.75) is 13.0 Å². The lowest BCUT2D eigenvalue weighted by atomic mass is 10.4. The molecule has 0 aliphatic rings. The molecular formula is C10H11N3O3. The lowest BCUT2D eigenvalue weighted by Crippen LogP contribution is -2.27. The molecule has 6 heteroatoms. The fourth-order valence-corrected chi connectivity index (χ4v) is 1.15. The number of aromatic carboxylic acids is 1. The van der Waals surface area contributed by atoms with Gasteiger partial charge in [-0.05, 0) is 6.07 Å². The highest BCUT2D eigenvalue weighted by Gasteiger charge is 2.06. The molecule has 1 rings (SSSR count). The van der Waals surface area contributed by atoms with Crippen molar-refractivity contribution in [1.29, 1.82) is 5.26 Å². The molecule has 0 unspecified atom stereocenters. The quantitative estimate of drug-likeness (QED) is 0.695. The van der Waals surface area contributed by atoms with Crippen LogP contribution in [0.25, 0.3) is 0 Å². The van der Waals surface area contributed by atoms with Crippen LogP contribution in [0.3, 0.4) is 0 Å². The molecule has 84 valence electrons. The van der Waals surface area contributed by atoms with Gasteiger partial charge in [0.25, 0.3) is 0 Å². The number of hydrogen-bond donors (Lipinski definition) is 2. The van der Waals surface area contributed by atoms with E-state index in [9.17, 15) is 9.59 Å². The smallest absolute Gasteiger partial charge is 0.337 e. The molecule has 0 fully saturated rings. The van der Waals surface area contributed by atoms with Crippen LogP contribution < -0.4 is 5.32 Å². The molecule has 0 aromatic carbocycles. The fourth-order valence-electron chi connectivity index (χ4n) is 1.15. The Morgan fingerprint density at radius 3 is 2.88 bits per heavy atom. The molecule has 2 N–H and O–H groups in total. The Kier molecular flexibility index (Phi) is 4.09. The fraction of sp³-hybridized carbons (Fsp3) is 0.300. The van der Waals surface area contributed by atoms with E-state index in [0.29, 0.717) is 6.54 Å². The minimum Gasteiger partial charge on any atom is -0.478 e. The number of nitrogens with one attached hydrogen (secondary N) is 1. The Balaban J connectivity index is 2.44. The number of nitriles is 1. The van der Waals surface area contributed by atoms with Gasteiger partial charge in [0.1, 0.15) is 6.54 Å². The highest BCUT2D eigenvalue weighted by atomic mass is 16.4. The van der Waals surface area contributed by atoms with Crippen molar-refractivity contribution in [3.8, 4) is 6.07 Å². The molecule has 1 aromatic heterocycles. The summed E-state index contributed by atoms with van der Waals surface area (Å²) in [6.07, 6.45) is 3.16. The largest absolute Gasteiger partial charge is 0.478 e. The van der Waals surface area contributed by atoms with Crippen LogP contribution in [0.2, 0.25) is 0 Å². The first-order valence-corrected chi connectivity index (χ1v) is 4.66. The summed E-state index contributed by atoms with van der Waals surface area (Å²) in [5.74, 6) is -1.27. The van der Waals surface area contributed by atoms with Crippen LogP contribution in [0.4, 0.5) is 0 Å². The Bertz CT molecular complexity index is 431. The van der Waals surface area contributed by atoms with Crippen LogP contribution in [0, 0.1) is 11.3 Å². The summed E-state index contributed by atoms with van der Waals surface area (Å²) in [4.78, 5) is 21.8. The van der Waals surface area contributed by atoms with E-state index in [1.807, 2.05) is 6.07 Å². The number of nitrogens with zero attached hydrogens (tertiary/aromatic N) is 2. The normalized spacial score (nSPS) is 9.44. The number of rotatable bonds is 5. The highest BCUT2D eigenvalue weighted by molar-refractivity contribution is 5.87. The van der Waals surface area contributed by atoms with E-state index in [4.69, 9.17) is 10.4 Å². The summed E-state index contributed by atoms with van der Waals surface area (Å²) in [5, 5.41) is 19.5. The van der Waals surface area contributed by atoms with Gasteiger partial charge in [-0.2, -0.15) is 5.26 Å². The van der Waals surface area contributed by atoms with Gasteiger partial charge < -0.3 is 15.0 Å². The molecule has 0 bridgehead atoms. The summed E-state index contributed by atoms with van der Waals surface area (Å²) in [6.45, 7) is 0.362. The summed E-state index contributed by atoms with van der Waals surface area (Å²) in [6, 6.07) is 3.33. The molecule has 16 heavy (non-hydrogen) atoms. The number of aromatic nitrogens is 1. The van der Waals surface area contributed by atoms with Crippen LogP contribution >= 0.6 is 0 Å². The molecule has 0 aliphatic heterocycles. The minimum atomic E-state index is -1.02. The van der Waals surface area contributed by atoms with Gasteiger partial charge in [-0.1, -0.05) is 0 Å². The Morgan fingerprint density at radius 2 is 2.31 bits per heavy atom. The third kappa shape index (κ3) is 3.46. The van der Waals surface area contributed by atoms with E-state index in [0.717, 1.165) is 0 Å². The molecular weight excluding hydrogens is 210 g/mol. The molecule has 6 nitrogen and oxygen atoms in total. The number of carboxylic acids is 1. The van der Waals surface area contributed by atoms with E-state index in [1.54, 1.807) is 0 Å². The van der Waals surface area contributed by atoms with Gasteiger partial charge in [-0.3, -0.25) is 4.79 Å². The first-order chi connectivity index (χ1) is 7.63. The third-order valence-electron chi connectivity index (χ3n) is 1.88. The van der Waals surface area contributed by atoms with Crippen molar-refractivity contribution in [3.05, 3.63) is 24.0 Å². The average Bonchev–Trinajstić information content (AvgIpc) is 2.66. The van der Waals surface area contributed by atoms with Gasteiger partial charge in [0.2, 0.25) is 5.91 Å². The molecule has 1 heterocycles. The van der Waals surface area contributed by atoms with Gasteiger partial charge in [0.05, 0.1) is 18.1 Å². The first kappa shape index (κ1) is 11.8. The zero-order valence-electron chi connectivity index (χ0n) is 8.51. The van der Waals surface area contributed by atoms with Crippen molar-refractivity contribution in [2.24, 2.45) is 0 Å². The summed E-state index contributed by atoms with van der Waals surface area (Å²) in [7, 11) is 0. The molecule has 0 saturated heterocycles. The molecule has 1 amide bonds. The van der Waals surface area contributed by atoms with E-state index >= 15 is 0 Å². The van der Waals surface area contributed by atoms with E-state index < -0.39 is 5.97 Å². The summed E-state index contributed by atoms with van der Waals surface area (Å²) in [5.41, 5.74) is 0.143. The predicted molar refractivity (Wildman–Crippen MR) is 54.6 cm³/mol. The van der Waals surface area contributed by atoms with Crippen molar-refractivity contribution in [3.63, 3.8) is 0 Å². The number of hydrogen-bond acceptors (Lipinski definition) is 3. The van der Waals surface area contributed by atoms with Gasteiger partial charge in [0, 0.05) is 18.9 Å². The molecule has 1 aromatic rings. The van der Waals surface area contributed by atoms with Crippen LogP contribution in [0.5, 0.6) is 0 Å². The Labute approximate surface area is 92.1 Å². The van der Waals surface area contributed by atoms with Gasteiger partial charge in [-0.15, -0.1) is 0 Å². The lowest BCUT2D eigenvalue weighted by Gasteiger charge is -2.03. The number of carbonyl (C=O) groups is 2. The summed E-state index contributed by atoms with van der Waals surface area (Å²) >= 11 is 0. The molecule has 0 spiro atoms. The monoisotopic (exact) mass is 221 g/mol. The maximum absolute atomic E-state index is 11.3. The summed E-state index contributed by atoms with van der Waals surface area (Å²) < 4.78 is 1.48. The minimum absolute atomic E-state index is 0.0543. The molecule has 0 aliphatic carbocycles. The number of amides is 1. The van der Waals surface area contributed by atoms with E-state index in [2.05, 4.69) is 5.32 Å². The SMILES string of the molecule is N#CCCNC(=O)Cn1ccc(C(=O)O)c1.